The van der Waals surface area contributed by atoms with Gasteiger partial charge in [-0.15, -0.1) is 11.8 Å². The van der Waals surface area contributed by atoms with E-state index in [1.54, 1.807) is 6.07 Å². The number of hydrogen-bond donors (Lipinski definition) is 1. The number of thioether (sulfide) groups is 1. The fourth-order valence-electron chi connectivity index (χ4n) is 1.23. The van der Waals surface area contributed by atoms with E-state index < -0.39 is 4.92 Å². The Balaban J connectivity index is 3.24. The zero-order chi connectivity index (χ0) is 11.4. The molecule has 0 aliphatic rings. The second-order valence-corrected chi connectivity index (χ2v) is 3.67. The summed E-state index contributed by atoms with van der Waals surface area (Å²) < 4.78 is 0. The molecule has 0 aliphatic heterocycles. The highest BCUT2D eigenvalue weighted by Gasteiger charge is 2.14. The molecule has 1 aromatic carbocycles. The van der Waals surface area contributed by atoms with Gasteiger partial charge in [-0.1, -0.05) is 6.08 Å². The Labute approximate surface area is 91.8 Å². The highest BCUT2D eigenvalue weighted by molar-refractivity contribution is 8.07. The number of aromatic hydroxyl groups is 1. The van der Waals surface area contributed by atoms with Crippen LogP contribution in [0.2, 0.25) is 0 Å². The van der Waals surface area contributed by atoms with Crippen molar-refractivity contribution >= 4 is 22.4 Å². The van der Waals surface area contributed by atoms with Gasteiger partial charge < -0.3 is 5.11 Å². The van der Waals surface area contributed by atoms with Gasteiger partial charge in [0.25, 0.3) is 0 Å². The lowest BCUT2D eigenvalue weighted by Gasteiger charge is -2.04. The minimum absolute atomic E-state index is 0.263. The summed E-state index contributed by atoms with van der Waals surface area (Å²) in [4.78, 5) is 10.9. The van der Waals surface area contributed by atoms with Crippen LogP contribution in [0.15, 0.2) is 24.3 Å². The molecule has 0 saturated carbocycles. The fraction of sp³-hybridized carbons (Fsp3) is 0.200. The number of nitro groups is 1. The van der Waals surface area contributed by atoms with Crippen LogP contribution in [0.4, 0.5) is 5.69 Å². The molecule has 0 aromatic heterocycles. The van der Waals surface area contributed by atoms with Crippen molar-refractivity contribution in [3.63, 3.8) is 0 Å². The van der Waals surface area contributed by atoms with Crippen molar-refractivity contribution in [1.82, 2.24) is 0 Å². The number of rotatable bonds is 3. The van der Waals surface area contributed by atoms with Crippen molar-refractivity contribution in [2.24, 2.45) is 0 Å². The Morgan fingerprint density at radius 2 is 2.27 bits per heavy atom. The second-order valence-electron chi connectivity index (χ2n) is 2.82. The van der Waals surface area contributed by atoms with Gasteiger partial charge in [-0.3, -0.25) is 10.1 Å². The molecule has 0 unspecified atom stereocenters. The summed E-state index contributed by atoms with van der Waals surface area (Å²) in [6, 6.07) is 4.38. The molecule has 0 amide bonds. The van der Waals surface area contributed by atoms with E-state index in [1.807, 2.05) is 19.3 Å². The lowest BCUT2D eigenvalue weighted by molar-refractivity contribution is -0.385. The molecular weight excluding hydrogens is 214 g/mol. The van der Waals surface area contributed by atoms with Crippen LogP contribution in [0.1, 0.15) is 12.5 Å². The number of allylic oxidation sites excluding steroid dienone is 1. The molecule has 0 radical (unpaired) electrons. The van der Waals surface area contributed by atoms with Crippen molar-refractivity contribution in [3.05, 3.63) is 40.0 Å². The molecule has 0 heterocycles. The lowest BCUT2D eigenvalue weighted by atomic mass is 10.1. The Hall–Kier alpha value is -1.49. The molecule has 0 fully saturated rings. The van der Waals surface area contributed by atoms with Crippen molar-refractivity contribution in [2.75, 3.05) is 6.26 Å². The first-order chi connectivity index (χ1) is 7.10. The Kier molecular flexibility index (Phi) is 3.74. The van der Waals surface area contributed by atoms with Crippen LogP contribution in [0.3, 0.4) is 0 Å². The molecule has 1 rings (SSSR count). The number of nitro benzene ring substituents is 1. The van der Waals surface area contributed by atoms with Crippen LogP contribution >= 0.6 is 11.8 Å². The third kappa shape index (κ3) is 2.50. The van der Waals surface area contributed by atoms with Crippen molar-refractivity contribution in [2.45, 2.75) is 6.92 Å². The third-order valence-electron chi connectivity index (χ3n) is 1.94. The van der Waals surface area contributed by atoms with Crippen molar-refractivity contribution in [3.8, 4) is 5.75 Å². The predicted molar refractivity (Wildman–Crippen MR) is 61.9 cm³/mol. The molecular formula is C10H11NO3S. The lowest BCUT2D eigenvalue weighted by Crippen LogP contribution is -1.90. The second kappa shape index (κ2) is 4.84. The zero-order valence-corrected chi connectivity index (χ0v) is 9.25. The summed E-state index contributed by atoms with van der Waals surface area (Å²) in [7, 11) is 0. The summed E-state index contributed by atoms with van der Waals surface area (Å²) >= 11 is 1.51. The maximum absolute atomic E-state index is 10.6. The van der Waals surface area contributed by atoms with Crippen LogP contribution in [-0.4, -0.2) is 16.3 Å². The van der Waals surface area contributed by atoms with E-state index in [-0.39, 0.29) is 11.4 Å². The molecule has 1 N–H and O–H groups in total. The Morgan fingerprint density at radius 3 is 2.73 bits per heavy atom. The van der Waals surface area contributed by atoms with Crippen LogP contribution < -0.4 is 0 Å². The first-order valence-electron chi connectivity index (χ1n) is 4.28. The van der Waals surface area contributed by atoms with Gasteiger partial charge in [0.15, 0.2) is 5.75 Å². The summed E-state index contributed by atoms with van der Waals surface area (Å²) in [6.45, 7) is 1.87. The number of phenols is 1. The minimum atomic E-state index is -0.591. The zero-order valence-electron chi connectivity index (χ0n) is 8.43. The van der Waals surface area contributed by atoms with E-state index in [9.17, 15) is 15.2 Å². The number of hydrogen-bond acceptors (Lipinski definition) is 4. The summed E-state index contributed by atoms with van der Waals surface area (Å²) in [6.07, 6.45) is 3.77. The monoisotopic (exact) mass is 225 g/mol. The molecule has 0 atom stereocenters. The maximum atomic E-state index is 10.6. The molecule has 4 nitrogen and oxygen atoms in total. The van der Waals surface area contributed by atoms with Gasteiger partial charge in [-0.25, -0.2) is 0 Å². The van der Waals surface area contributed by atoms with Crippen LogP contribution in [0.5, 0.6) is 5.75 Å². The summed E-state index contributed by atoms with van der Waals surface area (Å²) in [5.74, 6) is -0.305. The van der Waals surface area contributed by atoms with Crippen molar-refractivity contribution in [1.29, 1.82) is 0 Å². The smallest absolute Gasteiger partial charge is 0.311 e. The summed E-state index contributed by atoms with van der Waals surface area (Å²) in [5, 5.41) is 19.9. The standard InChI is InChI=1S/C10H11NO3S/c1-3-10(15-2)7-4-5-9(12)8(6-7)11(13)14/h3-6,12H,1-2H3/b10-3-. The minimum Gasteiger partial charge on any atom is -0.502 e. The van der Waals surface area contributed by atoms with E-state index in [1.165, 1.54) is 23.9 Å². The Bertz CT molecular complexity index is 415. The molecule has 0 aliphatic carbocycles. The van der Waals surface area contributed by atoms with E-state index in [2.05, 4.69) is 0 Å². The number of phenolic OH excluding ortho intramolecular Hbond substituents is 1. The molecule has 5 heteroatoms. The molecule has 15 heavy (non-hydrogen) atoms. The van der Waals surface area contributed by atoms with Crippen LogP contribution in [0, 0.1) is 10.1 Å². The Morgan fingerprint density at radius 1 is 1.60 bits per heavy atom. The van der Waals surface area contributed by atoms with E-state index in [0.29, 0.717) is 0 Å². The van der Waals surface area contributed by atoms with Gasteiger partial charge in [0.2, 0.25) is 0 Å². The maximum Gasteiger partial charge on any atom is 0.311 e. The van der Waals surface area contributed by atoms with E-state index in [4.69, 9.17) is 0 Å². The first kappa shape index (κ1) is 11.6. The molecule has 1 aromatic rings. The van der Waals surface area contributed by atoms with Gasteiger partial charge in [0, 0.05) is 11.0 Å². The van der Waals surface area contributed by atoms with Gasteiger partial charge in [-0.2, -0.15) is 0 Å². The van der Waals surface area contributed by atoms with E-state index >= 15 is 0 Å². The topological polar surface area (TPSA) is 63.4 Å². The first-order valence-corrected chi connectivity index (χ1v) is 5.50. The number of nitrogens with zero attached hydrogens (tertiary/aromatic N) is 1. The fourth-order valence-corrected chi connectivity index (χ4v) is 1.82. The van der Waals surface area contributed by atoms with Crippen molar-refractivity contribution < 1.29 is 10.0 Å². The third-order valence-corrected chi connectivity index (χ3v) is 2.85. The molecule has 80 valence electrons. The van der Waals surface area contributed by atoms with Crippen LogP contribution in [0.25, 0.3) is 4.91 Å². The largest absolute Gasteiger partial charge is 0.502 e. The van der Waals surface area contributed by atoms with Gasteiger partial charge in [-0.05, 0) is 30.9 Å². The molecule has 0 spiro atoms. The quantitative estimate of drug-likeness (QED) is 0.634. The van der Waals surface area contributed by atoms with Gasteiger partial charge >= 0.3 is 5.69 Å². The van der Waals surface area contributed by atoms with E-state index in [0.717, 1.165) is 10.5 Å². The predicted octanol–water partition coefficient (Wildman–Crippen LogP) is 3.02. The van der Waals surface area contributed by atoms with Crippen LogP contribution in [-0.2, 0) is 0 Å². The normalized spacial score (nSPS) is 11.5. The molecule has 0 bridgehead atoms. The average molecular weight is 225 g/mol. The molecule has 0 saturated heterocycles. The van der Waals surface area contributed by atoms with Gasteiger partial charge in [0.1, 0.15) is 0 Å². The highest BCUT2D eigenvalue weighted by atomic mass is 32.2. The SMILES string of the molecule is C/C=C(\SC)c1ccc(O)c([N+](=O)[O-])c1. The highest BCUT2D eigenvalue weighted by Crippen LogP contribution is 2.32. The average Bonchev–Trinajstić information content (AvgIpc) is 2.21. The summed E-state index contributed by atoms with van der Waals surface area (Å²) in [5.41, 5.74) is 0.482. The van der Waals surface area contributed by atoms with Gasteiger partial charge in [0.05, 0.1) is 4.92 Å². The number of benzene rings is 1.